The molecule has 4 aliphatic heterocycles. The van der Waals surface area contributed by atoms with Gasteiger partial charge in [0, 0.05) is 49.6 Å². The van der Waals surface area contributed by atoms with Crippen LogP contribution in [0.2, 0.25) is 0 Å². The van der Waals surface area contributed by atoms with Crippen molar-refractivity contribution >= 4 is 43.2 Å². The zero-order valence-corrected chi connectivity index (χ0v) is 29.2. The number of benzene rings is 4. The monoisotopic (exact) mass is 710 g/mol. The van der Waals surface area contributed by atoms with Gasteiger partial charge in [-0.3, -0.25) is 9.59 Å². The molecule has 50 heavy (non-hydrogen) atoms. The highest BCUT2D eigenvalue weighted by Crippen LogP contribution is 2.36. The smallest absolute Gasteiger partial charge is 0.243 e. The van der Waals surface area contributed by atoms with E-state index in [-0.39, 0.29) is 33.7 Å². The molecule has 0 N–H and O–H groups in total. The summed E-state index contributed by atoms with van der Waals surface area (Å²) in [5.41, 5.74) is 5.45. The number of hydrogen-bond acceptors (Lipinski definition) is 6. The van der Waals surface area contributed by atoms with Crippen LogP contribution in [0.4, 0.5) is 11.4 Å². The van der Waals surface area contributed by atoms with Crippen LogP contribution in [-0.2, 0) is 42.5 Å². The number of amides is 2. The topological polar surface area (TPSA) is 115 Å². The second-order valence-corrected chi connectivity index (χ2v) is 17.3. The van der Waals surface area contributed by atoms with Gasteiger partial charge in [0.2, 0.25) is 31.9 Å². The maximum atomic E-state index is 13.6. The lowest BCUT2D eigenvalue weighted by Crippen LogP contribution is -2.47. The Balaban J connectivity index is 0.891. The molecule has 258 valence electrons. The van der Waals surface area contributed by atoms with Gasteiger partial charge in [0.25, 0.3) is 0 Å². The molecule has 0 aromatic heterocycles. The van der Waals surface area contributed by atoms with E-state index in [0.717, 1.165) is 33.6 Å². The average molecular weight is 711 g/mol. The van der Waals surface area contributed by atoms with Crippen molar-refractivity contribution < 1.29 is 26.4 Å². The number of anilines is 2. The van der Waals surface area contributed by atoms with Gasteiger partial charge in [-0.05, 0) is 84.3 Å². The summed E-state index contributed by atoms with van der Waals surface area (Å²) in [6, 6.07) is 28.8. The molecular weight excluding hydrogens is 673 g/mol. The molecule has 0 bridgehead atoms. The van der Waals surface area contributed by atoms with Crippen LogP contribution in [0.1, 0.15) is 36.8 Å². The van der Waals surface area contributed by atoms with Gasteiger partial charge >= 0.3 is 0 Å². The van der Waals surface area contributed by atoms with Crippen LogP contribution < -0.4 is 9.80 Å². The standard InChI is InChI=1S/C38H38N4O6S2/c43-37-25-29-5-1-3-7-35(29)41(37)31-17-21-39(22-18-31)49(45,46)33-13-9-27(10-14-33)28-11-15-34(16-12-28)50(47,48)40-23-19-32(20-24-40)42-36-8-4-2-6-30(36)26-38(42)44/h1-16,31-32H,17-26H2. The molecule has 0 saturated carbocycles. The summed E-state index contributed by atoms with van der Waals surface area (Å²) < 4.78 is 57.2. The van der Waals surface area contributed by atoms with Crippen LogP contribution in [-0.4, -0.2) is 75.5 Å². The van der Waals surface area contributed by atoms with E-state index in [9.17, 15) is 26.4 Å². The van der Waals surface area contributed by atoms with Gasteiger partial charge in [0.05, 0.1) is 22.6 Å². The van der Waals surface area contributed by atoms with E-state index in [1.165, 1.54) is 8.61 Å². The molecule has 2 amide bonds. The first-order valence-electron chi connectivity index (χ1n) is 17.1. The molecule has 10 nitrogen and oxygen atoms in total. The van der Waals surface area contributed by atoms with Crippen molar-refractivity contribution in [1.29, 1.82) is 0 Å². The van der Waals surface area contributed by atoms with Gasteiger partial charge in [0.15, 0.2) is 0 Å². The molecular formula is C38H38N4O6S2. The van der Waals surface area contributed by atoms with E-state index in [0.29, 0.717) is 64.7 Å². The SMILES string of the molecule is O=C1Cc2ccccc2N1C1CCN(S(=O)(=O)c2ccc(-c3ccc(S(=O)(=O)N4CCC(N5C(=O)Cc6ccccc65)CC4)cc3)cc2)CC1. The van der Waals surface area contributed by atoms with Crippen molar-refractivity contribution in [2.45, 2.75) is 60.4 Å². The number of carbonyl (C=O) groups excluding carboxylic acids is 2. The van der Waals surface area contributed by atoms with Crippen LogP contribution >= 0.6 is 0 Å². The fourth-order valence-electron chi connectivity index (χ4n) is 7.97. The van der Waals surface area contributed by atoms with Crippen molar-refractivity contribution in [3.05, 3.63) is 108 Å². The first kappa shape index (κ1) is 32.8. The van der Waals surface area contributed by atoms with E-state index >= 15 is 0 Å². The van der Waals surface area contributed by atoms with E-state index < -0.39 is 20.0 Å². The highest BCUT2D eigenvalue weighted by molar-refractivity contribution is 7.89. The highest BCUT2D eigenvalue weighted by atomic mass is 32.2. The Bertz CT molecular complexity index is 2020. The van der Waals surface area contributed by atoms with Gasteiger partial charge in [-0.15, -0.1) is 0 Å². The molecule has 0 spiro atoms. The third kappa shape index (κ3) is 5.73. The number of nitrogens with zero attached hydrogens (tertiary/aromatic N) is 4. The zero-order chi connectivity index (χ0) is 34.6. The first-order valence-corrected chi connectivity index (χ1v) is 20.0. The van der Waals surface area contributed by atoms with E-state index in [4.69, 9.17) is 0 Å². The number of fused-ring (bicyclic) bond motifs is 2. The van der Waals surface area contributed by atoms with Crippen molar-refractivity contribution in [2.24, 2.45) is 0 Å². The fourth-order valence-corrected chi connectivity index (χ4v) is 10.9. The highest BCUT2D eigenvalue weighted by Gasteiger charge is 2.39. The quantitative estimate of drug-likeness (QED) is 0.271. The van der Waals surface area contributed by atoms with Crippen LogP contribution in [0, 0.1) is 0 Å². The summed E-state index contributed by atoms with van der Waals surface area (Å²) in [5.74, 6) is 0.133. The second kappa shape index (κ2) is 12.8. The average Bonchev–Trinajstić information content (AvgIpc) is 3.66. The summed E-state index contributed by atoms with van der Waals surface area (Å²) in [7, 11) is -7.45. The van der Waals surface area contributed by atoms with Crippen molar-refractivity contribution in [1.82, 2.24) is 8.61 Å². The van der Waals surface area contributed by atoms with Crippen LogP contribution in [0.15, 0.2) is 107 Å². The molecule has 4 aliphatic rings. The molecule has 4 heterocycles. The van der Waals surface area contributed by atoms with Gasteiger partial charge in [-0.25, -0.2) is 16.8 Å². The maximum Gasteiger partial charge on any atom is 0.243 e. The predicted octanol–water partition coefficient (Wildman–Crippen LogP) is 4.84. The number of sulfonamides is 2. The molecule has 0 aliphatic carbocycles. The van der Waals surface area contributed by atoms with Gasteiger partial charge in [0.1, 0.15) is 0 Å². The number of hydrogen-bond donors (Lipinski definition) is 0. The fraction of sp³-hybridized carbons (Fsp3) is 0.316. The van der Waals surface area contributed by atoms with Crippen molar-refractivity contribution in [3.8, 4) is 11.1 Å². The Labute approximate surface area is 293 Å². The first-order chi connectivity index (χ1) is 24.1. The Morgan fingerprint density at radius 3 is 1.16 bits per heavy atom. The van der Waals surface area contributed by atoms with Crippen LogP contribution in [0.3, 0.4) is 0 Å². The molecule has 0 atom stereocenters. The van der Waals surface area contributed by atoms with E-state index in [1.54, 1.807) is 48.5 Å². The maximum absolute atomic E-state index is 13.6. The number of rotatable bonds is 7. The van der Waals surface area contributed by atoms with Gasteiger partial charge in [-0.1, -0.05) is 60.7 Å². The van der Waals surface area contributed by atoms with E-state index in [2.05, 4.69) is 0 Å². The molecule has 2 fully saturated rings. The van der Waals surface area contributed by atoms with Crippen LogP contribution in [0.25, 0.3) is 11.1 Å². The minimum Gasteiger partial charge on any atom is -0.309 e. The lowest BCUT2D eigenvalue weighted by Gasteiger charge is -2.36. The Morgan fingerprint density at radius 1 is 0.460 bits per heavy atom. The number of piperidine rings is 2. The molecule has 4 aromatic carbocycles. The summed E-state index contributed by atoms with van der Waals surface area (Å²) in [4.78, 5) is 29.6. The Morgan fingerprint density at radius 2 is 0.800 bits per heavy atom. The molecule has 0 radical (unpaired) electrons. The normalized spacial score (nSPS) is 19.6. The zero-order valence-electron chi connectivity index (χ0n) is 27.5. The predicted molar refractivity (Wildman–Crippen MR) is 191 cm³/mol. The van der Waals surface area contributed by atoms with Crippen molar-refractivity contribution in [2.75, 3.05) is 36.0 Å². The van der Waals surface area contributed by atoms with Crippen LogP contribution in [0.5, 0.6) is 0 Å². The largest absolute Gasteiger partial charge is 0.309 e. The second-order valence-electron chi connectivity index (χ2n) is 13.5. The van der Waals surface area contributed by atoms with Gasteiger partial charge < -0.3 is 9.80 Å². The molecule has 0 unspecified atom stereocenters. The van der Waals surface area contributed by atoms with Crippen molar-refractivity contribution in [3.63, 3.8) is 0 Å². The lowest BCUT2D eigenvalue weighted by atomic mass is 10.0. The summed E-state index contributed by atoms with van der Waals surface area (Å²) in [6.45, 7) is 1.33. The number of carbonyl (C=O) groups is 2. The summed E-state index contributed by atoms with van der Waals surface area (Å²) >= 11 is 0. The third-order valence-electron chi connectivity index (χ3n) is 10.6. The lowest BCUT2D eigenvalue weighted by molar-refractivity contribution is -0.118. The summed E-state index contributed by atoms with van der Waals surface area (Å²) in [6.07, 6.45) is 3.04. The summed E-state index contributed by atoms with van der Waals surface area (Å²) in [5, 5.41) is 0. The number of para-hydroxylation sites is 2. The third-order valence-corrected chi connectivity index (χ3v) is 14.4. The minimum absolute atomic E-state index is 0.0302. The van der Waals surface area contributed by atoms with Gasteiger partial charge in [-0.2, -0.15) is 8.61 Å². The minimum atomic E-state index is -3.72. The molecule has 12 heteroatoms. The molecule has 2 saturated heterocycles. The molecule has 8 rings (SSSR count). The van der Waals surface area contributed by atoms with E-state index in [1.807, 2.05) is 58.3 Å². The Kier molecular flexibility index (Phi) is 8.37. The Hall–Kier alpha value is -4.36. The molecule has 4 aromatic rings.